The minimum Gasteiger partial charge on any atom is -0.466 e. The highest BCUT2D eigenvalue weighted by Crippen LogP contribution is 2.07. The molecule has 17 heavy (non-hydrogen) atoms. The first-order valence-corrected chi connectivity index (χ1v) is 6.10. The largest absolute Gasteiger partial charge is 0.466 e. The van der Waals surface area contributed by atoms with E-state index in [1.807, 2.05) is 0 Å². The minimum absolute atomic E-state index is 0. The second-order valence-corrected chi connectivity index (χ2v) is 4.06. The van der Waals surface area contributed by atoms with Gasteiger partial charge in [-0.15, -0.1) is 0 Å². The first-order valence-electron chi connectivity index (χ1n) is 6.10. The molecule has 0 aromatic rings. The molecule has 0 aliphatic carbocycles. The van der Waals surface area contributed by atoms with E-state index in [2.05, 4.69) is 0 Å². The zero-order valence-electron chi connectivity index (χ0n) is 10.2. The molecule has 5 nitrogen and oxygen atoms in total. The number of ether oxygens (including phenoxy) is 2. The van der Waals surface area contributed by atoms with Crippen LogP contribution in [0.5, 0.6) is 0 Å². The standard InChI is InChI=1S/2C6H10O2.H2O/c2*7-6-4-2-1-3-5-8-6;/h2*1-5H2;1H2. The third-order valence-corrected chi connectivity index (χ3v) is 2.58. The summed E-state index contributed by atoms with van der Waals surface area (Å²) in [5, 5.41) is 0. The molecule has 0 aromatic carbocycles. The van der Waals surface area contributed by atoms with Gasteiger partial charge >= 0.3 is 11.9 Å². The third-order valence-electron chi connectivity index (χ3n) is 2.58. The smallest absolute Gasteiger partial charge is 0.305 e. The number of carbonyl (C=O) groups is 2. The van der Waals surface area contributed by atoms with Gasteiger partial charge in [0.25, 0.3) is 0 Å². The van der Waals surface area contributed by atoms with Crippen molar-refractivity contribution in [3.05, 3.63) is 0 Å². The predicted octanol–water partition coefficient (Wildman–Crippen LogP) is 1.38. The van der Waals surface area contributed by atoms with Gasteiger partial charge in [0, 0.05) is 12.8 Å². The average molecular weight is 246 g/mol. The van der Waals surface area contributed by atoms with Gasteiger partial charge in [-0.05, 0) is 38.5 Å². The van der Waals surface area contributed by atoms with Crippen molar-refractivity contribution < 1.29 is 24.5 Å². The van der Waals surface area contributed by atoms with Gasteiger partial charge in [-0.3, -0.25) is 9.59 Å². The SMILES string of the molecule is O.O=C1CCCCCO1.O=C1CCCCCO1. The van der Waals surface area contributed by atoms with E-state index in [4.69, 9.17) is 9.47 Å². The van der Waals surface area contributed by atoms with Crippen LogP contribution in [-0.2, 0) is 19.1 Å². The average Bonchev–Trinajstić information content (AvgIpc) is 2.64. The van der Waals surface area contributed by atoms with E-state index in [0.29, 0.717) is 26.1 Å². The van der Waals surface area contributed by atoms with Crippen LogP contribution in [0.25, 0.3) is 0 Å². The number of carbonyl (C=O) groups excluding carboxylic acids is 2. The Morgan fingerprint density at radius 3 is 1.47 bits per heavy atom. The molecule has 0 amide bonds. The molecule has 0 saturated carbocycles. The van der Waals surface area contributed by atoms with Crippen LogP contribution in [0.2, 0.25) is 0 Å². The zero-order valence-corrected chi connectivity index (χ0v) is 10.2. The first kappa shape index (κ1) is 15.9. The number of hydrogen-bond donors (Lipinski definition) is 0. The summed E-state index contributed by atoms with van der Waals surface area (Å²) in [6.45, 7) is 1.28. The lowest BCUT2D eigenvalue weighted by atomic mass is 10.2. The van der Waals surface area contributed by atoms with E-state index < -0.39 is 0 Å². The molecule has 0 aromatic heterocycles. The normalized spacial score (nSPS) is 20.5. The van der Waals surface area contributed by atoms with Gasteiger partial charge in [0.05, 0.1) is 13.2 Å². The van der Waals surface area contributed by atoms with Crippen molar-refractivity contribution in [3.8, 4) is 0 Å². The van der Waals surface area contributed by atoms with Crippen molar-refractivity contribution >= 4 is 11.9 Å². The quantitative estimate of drug-likeness (QED) is 0.604. The highest BCUT2D eigenvalue weighted by molar-refractivity contribution is 5.69. The predicted molar refractivity (Wildman–Crippen MR) is 62.5 cm³/mol. The molecule has 0 unspecified atom stereocenters. The topological polar surface area (TPSA) is 84.1 Å². The summed E-state index contributed by atoms with van der Waals surface area (Å²) in [5.74, 6) is -0.0509. The summed E-state index contributed by atoms with van der Waals surface area (Å²) in [5.41, 5.74) is 0. The second kappa shape index (κ2) is 10.1. The molecule has 5 heteroatoms. The fourth-order valence-corrected chi connectivity index (χ4v) is 1.61. The van der Waals surface area contributed by atoms with Crippen LogP contribution in [0.1, 0.15) is 51.4 Å². The Kier molecular flexibility index (Phi) is 9.43. The van der Waals surface area contributed by atoms with Crippen LogP contribution in [0, 0.1) is 0 Å². The van der Waals surface area contributed by atoms with Crippen molar-refractivity contribution in [1.82, 2.24) is 0 Å². The van der Waals surface area contributed by atoms with Gasteiger partial charge in [0.15, 0.2) is 0 Å². The monoisotopic (exact) mass is 246 g/mol. The van der Waals surface area contributed by atoms with E-state index in [9.17, 15) is 9.59 Å². The summed E-state index contributed by atoms with van der Waals surface area (Å²) < 4.78 is 9.53. The van der Waals surface area contributed by atoms with Gasteiger partial charge in [-0.1, -0.05) is 0 Å². The molecule has 2 aliphatic rings. The summed E-state index contributed by atoms with van der Waals surface area (Å²) in [6.07, 6.45) is 7.66. The lowest BCUT2D eigenvalue weighted by Crippen LogP contribution is -2.00. The molecular formula is C12H22O5. The lowest BCUT2D eigenvalue weighted by molar-refractivity contribution is -0.143. The molecule has 2 aliphatic heterocycles. The van der Waals surface area contributed by atoms with E-state index >= 15 is 0 Å². The molecule has 0 spiro atoms. The second-order valence-electron chi connectivity index (χ2n) is 4.06. The van der Waals surface area contributed by atoms with Crippen molar-refractivity contribution in [2.45, 2.75) is 51.4 Å². The van der Waals surface area contributed by atoms with E-state index in [-0.39, 0.29) is 17.4 Å². The van der Waals surface area contributed by atoms with E-state index in [1.54, 1.807) is 0 Å². The Balaban J connectivity index is 0.000000284. The molecular weight excluding hydrogens is 224 g/mol. The fourth-order valence-electron chi connectivity index (χ4n) is 1.61. The molecule has 0 atom stereocenters. The summed E-state index contributed by atoms with van der Waals surface area (Å²) in [7, 11) is 0. The highest BCUT2D eigenvalue weighted by atomic mass is 16.5. The highest BCUT2D eigenvalue weighted by Gasteiger charge is 2.06. The molecule has 2 saturated heterocycles. The van der Waals surface area contributed by atoms with Gasteiger partial charge in [0.1, 0.15) is 0 Å². The summed E-state index contributed by atoms with van der Waals surface area (Å²) in [4.78, 5) is 20.9. The number of cyclic esters (lactones) is 2. The van der Waals surface area contributed by atoms with Crippen LogP contribution in [0.3, 0.4) is 0 Å². The van der Waals surface area contributed by atoms with Crippen LogP contribution < -0.4 is 0 Å². The molecule has 2 rings (SSSR count). The Hall–Kier alpha value is -1.10. The zero-order chi connectivity index (χ0) is 11.6. The maximum atomic E-state index is 10.5. The van der Waals surface area contributed by atoms with E-state index in [0.717, 1.165) is 38.5 Å². The molecule has 0 radical (unpaired) electrons. The molecule has 0 bridgehead atoms. The maximum absolute atomic E-state index is 10.5. The molecule has 2 N–H and O–H groups in total. The third kappa shape index (κ3) is 8.68. The van der Waals surface area contributed by atoms with Crippen molar-refractivity contribution in [1.29, 1.82) is 0 Å². The number of rotatable bonds is 0. The molecule has 100 valence electrons. The van der Waals surface area contributed by atoms with Crippen LogP contribution >= 0.6 is 0 Å². The molecule has 2 heterocycles. The van der Waals surface area contributed by atoms with Crippen molar-refractivity contribution in [3.63, 3.8) is 0 Å². The minimum atomic E-state index is -0.0255. The van der Waals surface area contributed by atoms with Crippen molar-refractivity contribution in [2.75, 3.05) is 13.2 Å². The molecule has 2 fully saturated rings. The summed E-state index contributed by atoms with van der Waals surface area (Å²) >= 11 is 0. The Morgan fingerprint density at radius 2 is 1.06 bits per heavy atom. The number of hydrogen-bond acceptors (Lipinski definition) is 4. The lowest BCUT2D eigenvalue weighted by Gasteiger charge is -1.93. The van der Waals surface area contributed by atoms with Gasteiger partial charge in [-0.25, -0.2) is 0 Å². The Labute approximate surface area is 102 Å². The maximum Gasteiger partial charge on any atom is 0.305 e. The first-order chi connectivity index (χ1) is 7.79. The van der Waals surface area contributed by atoms with Crippen molar-refractivity contribution in [2.24, 2.45) is 0 Å². The van der Waals surface area contributed by atoms with Crippen LogP contribution in [0.15, 0.2) is 0 Å². The van der Waals surface area contributed by atoms with E-state index in [1.165, 1.54) is 0 Å². The summed E-state index contributed by atoms with van der Waals surface area (Å²) in [6, 6.07) is 0. The van der Waals surface area contributed by atoms with Crippen LogP contribution in [-0.4, -0.2) is 30.6 Å². The Morgan fingerprint density at radius 1 is 0.647 bits per heavy atom. The van der Waals surface area contributed by atoms with Gasteiger partial charge in [0.2, 0.25) is 0 Å². The fraction of sp³-hybridized carbons (Fsp3) is 0.833. The number of esters is 2. The van der Waals surface area contributed by atoms with Gasteiger partial charge < -0.3 is 14.9 Å². The van der Waals surface area contributed by atoms with Gasteiger partial charge in [-0.2, -0.15) is 0 Å². The Bertz CT molecular complexity index is 183. The van der Waals surface area contributed by atoms with Crippen LogP contribution in [0.4, 0.5) is 0 Å².